The molecule has 1 fully saturated rings. The number of aromatic amines is 1. The van der Waals surface area contributed by atoms with E-state index in [1.54, 1.807) is 0 Å². The Kier molecular flexibility index (Phi) is 5.94. The van der Waals surface area contributed by atoms with Gasteiger partial charge in [0.05, 0.1) is 22.6 Å². The van der Waals surface area contributed by atoms with Gasteiger partial charge in [-0.05, 0) is 70.2 Å². The van der Waals surface area contributed by atoms with Crippen molar-refractivity contribution in [3.8, 4) is 22.5 Å². The minimum atomic E-state index is -0.530. The number of aromatic nitrogens is 4. The Morgan fingerprint density at radius 2 is 1.87 bits per heavy atom. The monoisotopic (exact) mass is 507 g/mol. The minimum Gasteiger partial charge on any atom is -0.444 e. The molecule has 1 unspecified atom stereocenters. The first kappa shape index (κ1) is 24.2. The molecule has 7 nitrogen and oxygen atoms in total. The van der Waals surface area contributed by atoms with Crippen molar-refractivity contribution in [2.45, 2.75) is 63.5 Å². The number of fused-ring (bicyclic) bond motifs is 1. The van der Waals surface area contributed by atoms with Gasteiger partial charge in [-0.2, -0.15) is 5.10 Å². The van der Waals surface area contributed by atoms with E-state index in [9.17, 15) is 4.79 Å². The number of ether oxygens (including phenoxy) is 1. The lowest BCUT2D eigenvalue weighted by atomic mass is 9.71. The Labute approximate surface area is 222 Å². The molecule has 1 amide bonds. The summed E-state index contributed by atoms with van der Waals surface area (Å²) >= 11 is 0. The predicted molar refractivity (Wildman–Crippen MR) is 149 cm³/mol. The first-order valence-electron chi connectivity index (χ1n) is 13.3. The highest BCUT2D eigenvalue weighted by Crippen LogP contribution is 2.43. The third-order valence-electron chi connectivity index (χ3n) is 7.44. The van der Waals surface area contributed by atoms with Crippen molar-refractivity contribution in [3.05, 3.63) is 90.4 Å². The molecule has 0 aliphatic heterocycles. The van der Waals surface area contributed by atoms with Gasteiger partial charge in [-0.15, -0.1) is 0 Å². The molecule has 7 heteroatoms. The number of allylic oxidation sites excluding steroid dienone is 4. The van der Waals surface area contributed by atoms with Gasteiger partial charge in [0.1, 0.15) is 11.2 Å². The second-order valence-electron chi connectivity index (χ2n) is 11.2. The van der Waals surface area contributed by atoms with Gasteiger partial charge in [0.2, 0.25) is 0 Å². The average Bonchev–Trinajstić information content (AvgIpc) is 3.54. The number of pyridine rings is 1. The molecule has 6 rings (SSSR count). The summed E-state index contributed by atoms with van der Waals surface area (Å²) in [5.74, 6) is 0.214. The van der Waals surface area contributed by atoms with Gasteiger partial charge in [0, 0.05) is 29.4 Å². The standard InChI is InChI=1S/C31H33N5O2/c1-30(2,3)38-29(37)34-31(17-7-18-31)24-13-10-21(11-14-24)27-28(22-8-5-4-6-9-22)36-20-23(12-15-26(36)33-27)25-16-19-32-35-25/h4-6,8,10-16,19-20,22H,7,9,17-18H2,1-3H3,(H,32,35)(H,34,37). The molecule has 0 radical (unpaired) electrons. The molecule has 2 aliphatic carbocycles. The van der Waals surface area contributed by atoms with Crippen LogP contribution in [0.15, 0.2) is 79.2 Å². The molecule has 4 aromatic rings. The fourth-order valence-corrected chi connectivity index (χ4v) is 5.45. The van der Waals surface area contributed by atoms with Gasteiger partial charge < -0.3 is 14.5 Å². The zero-order chi connectivity index (χ0) is 26.3. The van der Waals surface area contributed by atoms with E-state index in [1.807, 2.05) is 33.0 Å². The molecule has 2 N–H and O–H groups in total. The summed E-state index contributed by atoms with van der Waals surface area (Å²) in [6, 6.07) is 14.6. The molecule has 0 spiro atoms. The molecule has 3 aromatic heterocycles. The van der Waals surface area contributed by atoms with E-state index in [0.29, 0.717) is 0 Å². The SMILES string of the molecule is CC(C)(C)OC(=O)NC1(c2ccc(-c3nc4ccc(-c5cc[nH]n5)cn4c3C3C=CC=CC3)cc2)CCC1. The molecular formula is C31H33N5O2. The van der Waals surface area contributed by atoms with Crippen LogP contribution in [0.25, 0.3) is 28.2 Å². The Bertz CT molecular complexity index is 1520. The second-order valence-corrected chi connectivity index (χ2v) is 11.2. The average molecular weight is 508 g/mol. The summed E-state index contributed by atoms with van der Waals surface area (Å²) in [7, 11) is 0. The normalized spacial score (nSPS) is 18.3. The van der Waals surface area contributed by atoms with Crippen LogP contribution < -0.4 is 5.32 Å². The fraction of sp³-hybridized carbons (Fsp3) is 0.323. The van der Waals surface area contributed by atoms with Gasteiger partial charge in [-0.3, -0.25) is 5.10 Å². The lowest BCUT2D eigenvalue weighted by Crippen LogP contribution is -2.52. The second kappa shape index (κ2) is 9.31. The van der Waals surface area contributed by atoms with Gasteiger partial charge in [-0.1, -0.05) is 48.6 Å². The number of carbonyl (C=O) groups excluding carboxylic acids is 1. The van der Waals surface area contributed by atoms with E-state index in [0.717, 1.165) is 65.1 Å². The minimum absolute atomic E-state index is 0.214. The van der Waals surface area contributed by atoms with Crippen molar-refractivity contribution in [1.29, 1.82) is 0 Å². The Morgan fingerprint density at radius 3 is 2.50 bits per heavy atom. The first-order chi connectivity index (χ1) is 18.3. The smallest absolute Gasteiger partial charge is 0.408 e. The molecule has 0 saturated heterocycles. The number of hydrogen-bond acceptors (Lipinski definition) is 4. The number of alkyl carbamates (subject to hydrolysis) is 1. The van der Waals surface area contributed by atoms with Crippen LogP contribution in [0.2, 0.25) is 0 Å². The number of nitrogens with one attached hydrogen (secondary N) is 2. The van der Waals surface area contributed by atoms with Crippen LogP contribution in [0.5, 0.6) is 0 Å². The fourth-order valence-electron chi connectivity index (χ4n) is 5.45. The highest BCUT2D eigenvalue weighted by atomic mass is 16.6. The molecule has 194 valence electrons. The first-order valence-corrected chi connectivity index (χ1v) is 13.3. The van der Waals surface area contributed by atoms with Crippen LogP contribution in [-0.2, 0) is 10.3 Å². The number of H-pyrrole nitrogens is 1. The van der Waals surface area contributed by atoms with Crippen molar-refractivity contribution in [2.24, 2.45) is 0 Å². The Morgan fingerprint density at radius 1 is 1.08 bits per heavy atom. The van der Waals surface area contributed by atoms with Crippen LogP contribution in [0.3, 0.4) is 0 Å². The van der Waals surface area contributed by atoms with Crippen LogP contribution in [0.1, 0.15) is 63.6 Å². The quantitative estimate of drug-likeness (QED) is 0.308. The third kappa shape index (κ3) is 4.53. The lowest BCUT2D eigenvalue weighted by molar-refractivity contribution is 0.0377. The summed E-state index contributed by atoms with van der Waals surface area (Å²) in [4.78, 5) is 17.7. The summed E-state index contributed by atoms with van der Waals surface area (Å²) in [6.45, 7) is 5.66. The van der Waals surface area contributed by atoms with Gasteiger partial charge in [-0.25, -0.2) is 9.78 Å². The maximum absolute atomic E-state index is 12.6. The zero-order valence-electron chi connectivity index (χ0n) is 22.1. The number of hydrogen-bond donors (Lipinski definition) is 2. The van der Waals surface area contributed by atoms with Gasteiger partial charge in [0.15, 0.2) is 0 Å². The van der Waals surface area contributed by atoms with Crippen molar-refractivity contribution >= 4 is 11.7 Å². The van der Waals surface area contributed by atoms with E-state index in [1.165, 1.54) is 0 Å². The number of benzene rings is 1. The number of imidazole rings is 1. The summed E-state index contributed by atoms with van der Waals surface area (Å²) in [5, 5.41) is 10.4. The van der Waals surface area contributed by atoms with Crippen molar-refractivity contribution < 1.29 is 9.53 Å². The lowest BCUT2D eigenvalue weighted by Gasteiger charge is -2.43. The zero-order valence-corrected chi connectivity index (χ0v) is 22.1. The number of amides is 1. The summed E-state index contributed by atoms with van der Waals surface area (Å²) in [5.41, 5.74) is 6.24. The number of rotatable bonds is 5. The van der Waals surface area contributed by atoms with E-state index in [2.05, 4.69) is 86.8 Å². The van der Waals surface area contributed by atoms with Crippen LogP contribution in [0, 0.1) is 0 Å². The van der Waals surface area contributed by atoms with E-state index in [4.69, 9.17) is 9.72 Å². The van der Waals surface area contributed by atoms with E-state index >= 15 is 0 Å². The van der Waals surface area contributed by atoms with E-state index < -0.39 is 5.60 Å². The molecule has 1 atom stereocenters. The molecule has 3 heterocycles. The molecule has 0 bridgehead atoms. The van der Waals surface area contributed by atoms with Crippen molar-refractivity contribution in [2.75, 3.05) is 0 Å². The number of nitrogens with zero attached hydrogens (tertiary/aromatic N) is 3. The summed E-state index contributed by atoms with van der Waals surface area (Å²) in [6.07, 6.45) is 16.1. The van der Waals surface area contributed by atoms with Crippen molar-refractivity contribution in [1.82, 2.24) is 24.9 Å². The topological polar surface area (TPSA) is 84.3 Å². The van der Waals surface area contributed by atoms with Crippen LogP contribution in [-0.4, -0.2) is 31.3 Å². The third-order valence-corrected chi connectivity index (χ3v) is 7.44. The molecule has 38 heavy (non-hydrogen) atoms. The van der Waals surface area contributed by atoms with Gasteiger partial charge in [0.25, 0.3) is 0 Å². The summed E-state index contributed by atoms with van der Waals surface area (Å²) < 4.78 is 7.76. The maximum atomic E-state index is 12.6. The van der Waals surface area contributed by atoms with Crippen LogP contribution in [0.4, 0.5) is 4.79 Å². The molecule has 1 saturated carbocycles. The van der Waals surface area contributed by atoms with Gasteiger partial charge >= 0.3 is 6.09 Å². The largest absolute Gasteiger partial charge is 0.444 e. The maximum Gasteiger partial charge on any atom is 0.408 e. The number of carbonyl (C=O) groups is 1. The Hall–Kier alpha value is -4.13. The molecule has 1 aromatic carbocycles. The van der Waals surface area contributed by atoms with Crippen LogP contribution >= 0.6 is 0 Å². The highest BCUT2D eigenvalue weighted by Gasteiger charge is 2.41. The molecule has 2 aliphatic rings. The highest BCUT2D eigenvalue weighted by molar-refractivity contribution is 5.72. The van der Waals surface area contributed by atoms with Crippen molar-refractivity contribution in [3.63, 3.8) is 0 Å². The van der Waals surface area contributed by atoms with E-state index in [-0.39, 0.29) is 17.6 Å². The molecular weight excluding hydrogens is 474 g/mol. The Balaban J connectivity index is 1.37. The predicted octanol–water partition coefficient (Wildman–Crippen LogP) is 6.90.